The molecule has 1 aliphatic rings. The highest BCUT2D eigenvalue weighted by Crippen LogP contribution is 2.30. The molecular formula is C30H42ClN3O4. The minimum Gasteiger partial charge on any atom is -0.494 e. The molecule has 0 bridgehead atoms. The maximum atomic E-state index is 12.4. The van der Waals surface area contributed by atoms with E-state index in [0.29, 0.717) is 12.4 Å². The van der Waals surface area contributed by atoms with Crippen LogP contribution in [0.4, 0.5) is 11.4 Å². The van der Waals surface area contributed by atoms with E-state index in [-0.39, 0.29) is 24.5 Å². The first-order valence-electron chi connectivity index (χ1n) is 13.6. The monoisotopic (exact) mass is 543 g/mol. The van der Waals surface area contributed by atoms with Crippen LogP contribution in [0.2, 0.25) is 5.02 Å². The summed E-state index contributed by atoms with van der Waals surface area (Å²) in [7, 11) is 0. The SMILES string of the molecule is CCc1ccc(OCCCCN2CCN(c3cccc(C)c3Cl)CC2)cc1N(COC(=O)C(C)C)C(C)=O. The van der Waals surface area contributed by atoms with Crippen molar-refractivity contribution in [2.75, 3.05) is 55.9 Å². The summed E-state index contributed by atoms with van der Waals surface area (Å²) in [6.07, 6.45) is 2.74. The van der Waals surface area contributed by atoms with Crippen molar-refractivity contribution in [1.29, 1.82) is 0 Å². The molecule has 2 aromatic rings. The Morgan fingerprint density at radius 2 is 1.82 bits per heavy atom. The second kappa shape index (κ2) is 14.4. The number of esters is 1. The summed E-state index contributed by atoms with van der Waals surface area (Å²) in [5.41, 5.74) is 3.97. The molecule has 1 amide bonds. The smallest absolute Gasteiger partial charge is 0.310 e. The largest absolute Gasteiger partial charge is 0.494 e. The highest BCUT2D eigenvalue weighted by molar-refractivity contribution is 6.34. The summed E-state index contributed by atoms with van der Waals surface area (Å²) in [4.78, 5) is 30.7. The highest BCUT2D eigenvalue weighted by Gasteiger charge is 2.20. The third-order valence-corrected chi connectivity index (χ3v) is 7.43. The van der Waals surface area contributed by atoms with Crippen molar-refractivity contribution in [3.63, 3.8) is 0 Å². The van der Waals surface area contributed by atoms with Gasteiger partial charge in [-0.15, -0.1) is 0 Å². The van der Waals surface area contributed by atoms with E-state index < -0.39 is 0 Å². The van der Waals surface area contributed by atoms with Crippen molar-refractivity contribution in [2.45, 2.75) is 53.9 Å². The molecule has 1 aliphatic heterocycles. The van der Waals surface area contributed by atoms with Gasteiger partial charge in [0.15, 0.2) is 6.73 Å². The van der Waals surface area contributed by atoms with E-state index in [0.717, 1.165) is 79.5 Å². The molecule has 208 valence electrons. The number of halogens is 1. The molecule has 0 unspecified atom stereocenters. The molecule has 3 rings (SSSR count). The van der Waals surface area contributed by atoms with Gasteiger partial charge >= 0.3 is 5.97 Å². The quantitative estimate of drug-likeness (QED) is 0.194. The minimum absolute atomic E-state index is 0.105. The van der Waals surface area contributed by atoms with E-state index in [9.17, 15) is 9.59 Å². The Balaban J connectivity index is 1.46. The van der Waals surface area contributed by atoms with Crippen LogP contribution in [0, 0.1) is 12.8 Å². The van der Waals surface area contributed by atoms with Gasteiger partial charge in [-0.3, -0.25) is 19.4 Å². The summed E-state index contributed by atoms with van der Waals surface area (Å²) in [6.45, 7) is 14.6. The van der Waals surface area contributed by atoms with E-state index in [4.69, 9.17) is 21.1 Å². The summed E-state index contributed by atoms with van der Waals surface area (Å²) in [6, 6.07) is 12.0. The van der Waals surface area contributed by atoms with Crippen molar-refractivity contribution in [1.82, 2.24) is 4.90 Å². The lowest BCUT2D eigenvalue weighted by Crippen LogP contribution is -2.46. The molecule has 0 spiro atoms. The molecule has 0 N–H and O–H groups in total. The Labute approximate surface area is 232 Å². The first kappa shape index (κ1) is 29.8. The van der Waals surface area contributed by atoms with Gasteiger partial charge in [-0.2, -0.15) is 0 Å². The average molecular weight is 544 g/mol. The number of anilines is 2. The van der Waals surface area contributed by atoms with Crippen molar-refractivity contribution in [2.24, 2.45) is 5.92 Å². The molecular weight excluding hydrogens is 502 g/mol. The fourth-order valence-corrected chi connectivity index (χ4v) is 4.77. The zero-order valence-corrected chi connectivity index (χ0v) is 24.2. The van der Waals surface area contributed by atoms with Gasteiger partial charge in [0.25, 0.3) is 0 Å². The first-order chi connectivity index (χ1) is 18.2. The molecule has 2 aromatic carbocycles. The number of rotatable bonds is 12. The number of unbranched alkanes of at least 4 members (excludes halogenated alkanes) is 1. The summed E-state index contributed by atoms with van der Waals surface area (Å²) in [5, 5.41) is 0.858. The number of hydrogen-bond acceptors (Lipinski definition) is 6. The van der Waals surface area contributed by atoms with Crippen LogP contribution in [0.1, 0.15) is 51.7 Å². The number of piperazine rings is 1. The Hall–Kier alpha value is -2.77. The number of carbonyl (C=O) groups is 2. The third-order valence-electron chi connectivity index (χ3n) is 6.94. The van der Waals surface area contributed by atoms with Gasteiger partial charge in [-0.05, 0) is 56.0 Å². The third kappa shape index (κ3) is 8.11. The fraction of sp³-hybridized carbons (Fsp3) is 0.533. The zero-order valence-electron chi connectivity index (χ0n) is 23.5. The van der Waals surface area contributed by atoms with Crippen molar-refractivity contribution in [3.8, 4) is 5.75 Å². The van der Waals surface area contributed by atoms with Crippen LogP contribution in [0.25, 0.3) is 0 Å². The van der Waals surface area contributed by atoms with Crippen LogP contribution < -0.4 is 14.5 Å². The standard InChI is InChI=1S/C30H42ClN3O4/c1-6-25-12-13-26(20-28(25)34(24(5)35)21-38-30(36)22(2)3)37-19-8-7-14-32-15-17-33(18-16-32)27-11-9-10-23(4)29(27)31/h9-13,20,22H,6-8,14-19,21H2,1-5H3. The second-order valence-corrected chi connectivity index (χ2v) is 10.5. The maximum Gasteiger partial charge on any atom is 0.310 e. The van der Waals surface area contributed by atoms with Crippen LogP contribution in [-0.2, 0) is 20.7 Å². The van der Waals surface area contributed by atoms with Gasteiger partial charge in [-0.1, -0.05) is 50.6 Å². The lowest BCUT2D eigenvalue weighted by atomic mass is 10.1. The van der Waals surface area contributed by atoms with Crippen LogP contribution >= 0.6 is 11.6 Å². The Bertz CT molecular complexity index is 1080. The van der Waals surface area contributed by atoms with Crippen LogP contribution in [0.15, 0.2) is 36.4 Å². The maximum absolute atomic E-state index is 12.4. The predicted molar refractivity (Wildman–Crippen MR) is 154 cm³/mol. The number of nitrogens with zero attached hydrogens (tertiary/aromatic N) is 3. The molecule has 0 aromatic heterocycles. The van der Waals surface area contributed by atoms with Gasteiger partial charge in [0.05, 0.1) is 28.9 Å². The minimum atomic E-state index is -0.331. The molecule has 8 heteroatoms. The Morgan fingerprint density at radius 3 is 2.47 bits per heavy atom. The van der Waals surface area contributed by atoms with Crippen molar-refractivity contribution >= 4 is 34.9 Å². The first-order valence-corrected chi connectivity index (χ1v) is 14.0. The number of carbonyl (C=O) groups excluding carboxylic acids is 2. The van der Waals surface area contributed by atoms with Crippen molar-refractivity contribution in [3.05, 3.63) is 52.5 Å². The van der Waals surface area contributed by atoms with Crippen LogP contribution in [0.3, 0.4) is 0 Å². The van der Waals surface area contributed by atoms with Gasteiger partial charge in [-0.25, -0.2) is 0 Å². The number of benzene rings is 2. The van der Waals surface area contributed by atoms with Gasteiger partial charge in [0, 0.05) is 39.2 Å². The molecule has 1 saturated heterocycles. The van der Waals surface area contributed by atoms with E-state index in [1.807, 2.05) is 38.1 Å². The summed E-state index contributed by atoms with van der Waals surface area (Å²) < 4.78 is 11.4. The van der Waals surface area contributed by atoms with E-state index in [1.165, 1.54) is 11.8 Å². The van der Waals surface area contributed by atoms with Crippen LogP contribution in [0.5, 0.6) is 5.75 Å². The van der Waals surface area contributed by atoms with Crippen molar-refractivity contribution < 1.29 is 19.1 Å². The molecule has 1 heterocycles. The van der Waals surface area contributed by atoms with Gasteiger partial charge in [0.1, 0.15) is 5.75 Å². The van der Waals surface area contributed by atoms with Gasteiger partial charge in [0.2, 0.25) is 5.91 Å². The number of ether oxygens (including phenoxy) is 2. The molecule has 0 radical (unpaired) electrons. The highest BCUT2D eigenvalue weighted by atomic mass is 35.5. The second-order valence-electron chi connectivity index (χ2n) is 10.1. The molecule has 7 nitrogen and oxygen atoms in total. The number of aryl methyl sites for hydroxylation is 2. The Morgan fingerprint density at radius 1 is 1.08 bits per heavy atom. The fourth-order valence-electron chi connectivity index (χ4n) is 4.52. The van der Waals surface area contributed by atoms with E-state index in [1.54, 1.807) is 13.8 Å². The molecule has 0 atom stereocenters. The Kier molecular flexibility index (Phi) is 11.3. The summed E-state index contributed by atoms with van der Waals surface area (Å²) in [5.74, 6) is -0.0536. The number of hydrogen-bond donors (Lipinski definition) is 0. The lowest BCUT2D eigenvalue weighted by molar-refractivity contribution is -0.147. The summed E-state index contributed by atoms with van der Waals surface area (Å²) >= 11 is 6.52. The molecule has 0 saturated carbocycles. The topological polar surface area (TPSA) is 62.3 Å². The van der Waals surface area contributed by atoms with E-state index >= 15 is 0 Å². The predicted octanol–water partition coefficient (Wildman–Crippen LogP) is 5.70. The van der Waals surface area contributed by atoms with Gasteiger partial charge < -0.3 is 14.4 Å². The normalized spacial score (nSPS) is 14.0. The zero-order chi connectivity index (χ0) is 27.7. The van der Waals surface area contributed by atoms with Crippen LogP contribution in [-0.4, -0.2) is 62.8 Å². The molecule has 1 fully saturated rings. The van der Waals surface area contributed by atoms with E-state index in [2.05, 4.69) is 21.9 Å². The average Bonchev–Trinajstić information content (AvgIpc) is 2.90. The lowest BCUT2D eigenvalue weighted by Gasteiger charge is -2.36. The number of amides is 1. The molecule has 38 heavy (non-hydrogen) atoms. The molecule has 0 aliphatic carbocycles.